The van der Waals surface area contributed by atoms with Gasteiger partial charge in [-0.05, 0) is 12.1 Å². The summed E-state index contributed by atoms with van der Waals surface area (Å²) in [4.78, 5) is 23.8. The first kappa shape index (κ1) is 17.5. The van der Waals surface area contributed by atoms with E-state index in [9.17, 15) is 9.59 Å². The van der Waals surface area contributed by atoms with Crippen molar-refractivity contribution < 1.29 is 19.1 Å². The van der Waals surface area contributed by atoms with E-state index in [1.807, 2.05) is 24.3 Å². The zero-order chi connectivity index (χ0) is 16.7. The molecule has 0 saturated heterocycles. The molecular formula is C16H16ClNO4S. The van der Waals surface area contributed by atoms with Crippen molar-refractivity contribution >= 4 is 51.0 Å². The van der Waals surface area contributed by atoms with Crippen LogP contribution in [0.25, 0.3) is 16.2 Å². The third kappa shape index (κ3) is 5.06. The Hall–Kier alpha value is -1.89. The molecule has 0 saturated carbocycles. The average molecular weight is 354 g/mol. The molecule has 0 aliphatic rings. The third-order valence-electron chi connectivity index (χ3n) is 2.90. The Morgan fingerprint density at radius 1 is 1.35 bits per heavy atom. The molecule has 0 aliphatic carbocycles. The van der Waals surface area contributed by atoms with Gasteiger partial charge in [-0.25, -0.2) is 4.79 Å². The Morgan fingerprint density at radius 2 is 2.13 bits per heavy atom. The lowest BCUT2D eigenvalue weighted by Crippen LogP contribution is -2.31. The Morgan fingerprint density at radius 3 is 2.87 bits per heavy atom. The van der Waals surface area contributed by atoms with Crippen molar-refractivity contribution in [3.63, 3.8) is 0 Å². The van der Waals surface area contributed by atoms with E-state index in [4.69, 9.17) is 21.1 Å². The van der Waals surface area contributed by atoms with Crippen LogP contribution in [0.1, 0.15) is 4.88 Å². The van der Waals surface area contributed by atoms with Gasteiger partial charge in [-0.1, -0.05) is 29.8 Å². The van der Waals surface area contributed by atoms with Crippen LogP contribution in [0.15, 0.2) is 30.3 Å². The van der Waals surface area contributed by atoms with Crippen LogP contribution < -0.4 is 5.32 Å². The third-order valence-corrected chi connectivity index (χ3v) is 4.56. The molecule has 122 valence electrons. The Labute approximate surface area is 142 Å². The molecule has 0 atom stereocenters. The summed E-state index contributed by atoms with van der Waals surface area (Å²) in [6.07, 6.45) is 2.86. The highest BCUT2D eigenvalue weighted by Gasteiger charge is 2.08. The van der Waals surface area contributed by atoms with Gasteiger partial charge in [0.05, 0.1) is 11.6 Å². The SMILES string of the molecule is COCCNC(=O)COC(=O)/C=C/c1sc2ccccc2c1Cl. The topological polar surface area (TPSA) is 64.6 Å². The monoisotopic (exact) mass is 353 g/mol. The molecule has 1 heterocycles. The molecule has 1 aromatic heterocycles. The molecule has 1 aromatic carbocycles. The second-order valence-corrected chi connectivity index (χ2v) is 6.02. The van der Waals surface area contributed by atoms with Crippen molar-refractivity contribution in [3.8, 4) is 0 Å². The van der Waals surface area contributed by atoms with E-state index in [-0.39, 0.29) is 12.5 Å². The largest absolute Gasteiger partial charge is 0.452 e. The summed E-state index contributed by atoms with van der Waals surface area (Å²) in [7, 11) is 1.54. The van der Waals surface area contributed by atoms with E-state index in [2.05, 4.69) is 5.32 Å². The van der Waals surface area contributed by atoms with Gasteiger partial charge >= 0.3 is 5.97 Å². The van der Waals surface area contributed by atoms with Crippen LogP contribution in [0.4, 0.5) is 0 Å². The van der Waals surface area contributed by atoms with E-state index in [0.717, 1.165) is 15.0 Å². The molecule has 0 spiro atoms. The van der Waals surface area contributed by atoms with Crippen LogP contribution in [-0.2, 0) is 19.1 Å². The number of ether oxygens (including phenoxy) is 2. The molecule has 7 heteroatoms. The number of hydrogen-bond acceptors (Lipinski definition) is 5. The number of rotatable bonds is 7. The fourth-order valence-electron chi connectivity index (χ4n) is 1.81. The first-order valence-electron chi connectivity index (χ1n) is 6.89. The number of esters is 1. The number of carbonyl (C=O) groups excluding carboxylic acids is 2. The second-order valence-electron chi connectivity index (χ2n) is 4.56. The zero-order valence-corrected chi connectivity index (χ0v) is 14.1. The van der Waals surface area contributed by atoms with Crippen molar-refractivity contribution in [1.29, 1.82) is 0 Å². The summed E-state index contributed by atoms with van der Waals surface area (Å²) in [5.41, 5.74) is 0. The van der Waals surface area contributed by atoms with Crippen LogP contribution in [0.2, 0.25) is 5.02 Å². The molecule has 23 heavy (non-hydrogen) atoms. The first-order chi connectivity index (χ1) is 11.1. The summed E-state index contributed by atoms with van der Waals surface area (Å²) in [6.45, 7) is 0.456. The van der Waals surface area contributed by atoms with E-state index in [1.54, 1.807) is 6.08 Å². The lowest BCUT2D eigenvalue weighted by Gasteiger charge is -2.04. The van der Waals surface area contributed by atoms with Crippen molar-refractivity contribution in [2.24, 2.45) is 0 Å². The van der Waals surface area contributed by atoms with Crippen molar-refractivity contribution in [3.05, 3.63) is 40.2 Å². The summed E-state index contributed by atoms with van der Waals surface area (Å²) in [5.74, 6) is -0.968. The van der Waals surface area contributed by atoms with Gasteiger partial charge in [0.1, 0.15) is 0 Å². The first-order valence-corrected chi connectivity index (χ1v) is 8.08. The van der Waals surface area contributed by atoms with Crippen molar-refractivity contribution in [2.75, 3.05) is 26.9 Å². The minimum Gasteiger partial charge on any atom is -0.452 e. The van der Waals surface area contributed by atoms with E-state index in [0.29, 0.717) is 18.2 Å². The number of thiophene rings is 1. The lowest BCUT2D eigenvalue weighted by atomic mass is 10.2. The molecule has 2 rings (SSSR count). The number of fused-ring (bicyclic) bond motifs is 1. The zero-order valence-electron chi connectivity index (χ0n) is 12.5. The molecular weight excluding hydrogens is 338 g/mol. The molecule has 0 fully saturated rings. The Bertz CT molecular complexity index is 726. The summed E-state index contributed by atoms with van der Waals surface area (Å²) < 4.78 is 10.7. The van der Waals surface area contributed by atoms with E-state index in [1.165, 1.54) is 24.5 Å². The number of carbonyl (C=O) groups is 2. The fourth-order valence-corrected chi connectivity index (χ4v) is 3.21. The van der Waals surface area contributed by atoms with Gasteiger partial charge < -0.3 is 14.8 Å². The fraction of sp³-hybridized carbons (Fsp3) is 0.250. The van der Waals surface area contributed by atoms with Gasteiger partial charge in [-0.2, -0.15) is 0 Å². The minimum atomic E-state index is -0.597. The average Bonchev–Trinajstić information content (AvgIpc) is 2.88. The molecule has 1 amide bonds. The summed E-state index contributed by atoms with van der Waals surface area (Å²) in [6, 6.07) is 7.73. The van der Waals surface area contributed by atoms with Crippen LogP contribution in [0.3, 0.4) is 0 Å². The van der Waals surface area contributed by atoms with Crippen LogP contribution in [0, 0.1) is 0 Å². The Balaban J connectivity index is 1.88. The van der Waals surface area contributed by atoms with E-state index >= 15 is 0 Å². The smallest absolute Gasteiger partial charge is 0.331 e. The number of halogens is 1. The second kappa shape index (κ2) is 8.67. The van der Waals surface area contributed by atoms with Crippen LogP contribution in [0.5, 0.6) is 0 Å². The standard InChI is InChI=1S/C16H16ClNO4S/c1-21-9-8-18-14(19)10-22-15(20)7-6-13-16(17)11-4-2-3-5-12(11)23-13/h2-7H,8-10H2,1H3,(H,18,19)/b7-6+. The highest BCUT2D eigenvalue weighted by molar-refractivity contribution is 7.20. The molecule has 0 bridgehead atoms. The normalized spacial score (nSPS) is 11.0. The quantitative estimate of drug-likeness (QED) is 0.472. The van der Waals surface area contributed by atoms with Gasteiger partial charge in [0, 0.05) is 34.7 Å². The molecule has 0 unspecified atom stereocenters. The maximum atomic E-state index is 11.6. The molecule has 2 aromatic rings. The maximum Gasteiger partial charge on any atom is 0.331 e. The van der Waals surface area contributed by atoms with Gasteiger partial charge in [0.2, 0.25) is 0 Å². The van der Waals surface area contributed by atoms with Crippen molar-refractivity contribution in [2.45, 2.75) is 0 Å². The van der Waals surface area contributed by atoms with Crippen LogP contribution >= 0.6 is 22.9 Å². The number of methoxy groups -OCH3 is 1. The molecule has 0 radical (unpaired) electrons. The van der Waals surface area contributed by atoms with Gasteiger partial charge in [-0.3, -0.25) is 4.79 Å². The molecule has 1 N–H and O–H groups in total. The van der Waals surface area contributed by atoms with Gasteiger partial charge in [-0.15, -0.1) is 11.3 Å². The number of nitrogens with one attached hydrogen (secondary N) is 1. The van der Waals surface area contributed by atoms with Gasteiger partial charge in [0.25, 0.3) is 5.91 Å². The highest BCUT2D eigenvalue weighted by atomic mass is 35.5. The number of benzene rings is 1. The Kier molecular flexibility index (Phi) is 6.58. The van der Waals surface area contributed by atoms with Gasteiger partial charge in [0.15, 0.2) is 6.61 Å². The summed E-state index contributed by atoms with van der Waals surface area (Å²) >= 11 is 7.75. The summed E-state index contributed by atoms with van der Waals surface area (Å²) in [5, 5.41) is 4.11. The maximum absolute atomic E-state index is 11.6. The van der Waals surface area contributed by atoms with Crippen molar-refractivity contribution in [1.82, 2.24) is 5.32 Å². The number of hydrogen-bond donors (Lipinski definition) is 1. The predicted molar refractivity (Wildman–Crippen MR) is 91.7 cm³/mol. The predicted octanol–water partition coefficient (Wildman–Crippen LogP) is 2.87. The van der Waals surface area contributed by atoms with Crippen LogP contribution in [-0.4, -0.2) is 38.7 Å². The number of amides is 1. The highest BCUT2D eigenvalue weighted by Crippen LogP contribution is 2.35. The molecule has 0 aliphatic heterocycles. The minimum absolute atomic E-state index is 0.326. The van der Waals surface area contributed by atoms with E-state index < -0.39 is 5.97 Å². The molecule has 5 nitrogen and oxygen atoms in total. The lowest BCUT2D eigenvalue weighted by molar-refractivity contribution is -0.143.